The summed E-state index contributed by atoms with van der Waals surface area (Å²) in [6, 6.07) is 9.13. The number of allylic oxidation sites excluding steroid dienone is 2. The van der Waals surface area contributed by atoms with Gasteiger partial charge < -0.3 is 5.32 Å². The predicted molar refractivity (Wildman–Crippen MR) is 114 cm³/mol. The fraction of sp³-hybridized carbons (Fsp3) is 0.286. The summed E-state index contributed by atoms with van der Waals surface area (Å²) in [7, 11) is 0. The number of fused-ring (bicyclic) bond motifs is 1. The largest absolute Gasteiger partial charge is 0.341 e. The van der Waals surface area contributed by atoms with Crippen LogP contribution in [0.1, 0.15) is 23.1 Å². The second-order valence-corrected chi connectivity index (χ2v) is 8.85. The van der Waals surface area contributed by atoms with Gasteiger partial charge in [-0.25, -0.2) is 4.98 Å². The Morgan fingerprint density at radius 3 is 2.79 bits per heavy atom. The molecule has 144 valence electrons. The van der Waals surface area contributed by atoms with Crippen molar-refractivity contribution in [1.82, 2.24) is 15.2 Å². The fourth-order valence-corrected chi connectivity index (χ4v) is 5.52. The van der Waals surface area contributed by atoms with E-state index in [1.54, 1.807) is 28.0 Å². The Labute approximate surface area is 172 Å². The van der Waals surface area contributed by atoms with Gasteiger partial charge in [0, 0.05) is 16.3 Å². The lowest BCUT2D eigenvalue weighted by atomic mass is 10.0. The Morgan fingerprint density at radius 2 is 2.07 bits per heavy atom. The number of hydrogen-bond donors (Lipinski definition) is 1. The van der Waals surface area contributed by atoms with Crippen molar-refractivity contribution in [1.29, 1.82) is 0 Å². The van der Waals surface area contributed by atoms with E-state index < -0.39 is 6.04 Å². The molecule has 1 fully saturated rings. The molecule has 1 aromatic heterocycles. The summed E-state index contributed by atoms with van der Waals surface area (Å²) in [5, 5.41) is 2.89. The van der Waals surface area contributed by atoms with Crippen molar-refractivity contribution < 1.29 is 9.59 Å². The van der Waals surface area contributed by atoms with E-state index >= 15 is 0 Å². The third-order valence-corrected chi connectivity index (χ3v) is 7.22. The summed E-state index contributed by atoms with van der Waals surface area (Å²) >= 11 is 3.30. The van der Waals surface area contributed by atoms with Crippen LogP contribution in [-0.4, -0.2) is 38.9 Å². The Morgan fingerprint density at radius 1 is 1.29 bits per heavy atom. The summed E-state index contributed by atoms with van der Waals surface area (Å²) < 4.78 is 0. The molecule has 1 N–H and O–H groups in total. The van der Waals surface area contributed by atoms with Crippen LogP contribution in [-0.2, 0) is 16.0 Å². The summed E-state index contributed by atoms with van der Waals surface area (Å²) in [4.78, 5) is 32.2. The number of amides is 2. The van der Waals surface area contributed by atoms with E-state index in [0.29, 0.717) is 6.42 Å². The Balaban J connectivity index is 1.41. The van der Waals surface area contributed by atoms with E-state index in [-0.39, 0.29) is 17.2 Å². The quantitative estimate of drug-likeness (QED) is 0.766. The zero-order chi connectivity index (χ0) is 19.7. The molecule has 2 atom stereocenters. The van der Waals surface area contributed by atoms with E-state index in [0.717, 1.165) is 33.2 Å². The maximum atomic E-state index is 12.7. The maximum absolute atomic E-state index is 12.7. The number of β-lactam (4-membered cyclic amide) rings is 1. The first-order valence-electron chi connectivity index (χ1n) is 9.10. The number of hydrogen-bond acceptors (Lipinski definition) is 5. The van der Waals surface area contributed by atoms with E-state index in [1.165, 1.54) is 0 Å². The molecule has 7 heteroatoms. The number of rotatable bonds is 5. The average molecular weight is 412 g/mol. The van der Waals surface area contributed by atoms with Gasteiger partial charge in [-0.3, -0.25) is 14.5 Å². The highest BCUT2D eigenvalue weighted by molar-refractivity contribution is 8.00. The number of aryl methyl sites for hydroxylation is 1. The highest BCUT2D eigenvalue weighted by atomic mass is 32.2. The van der Waals surface area contributed by atoms with Crippen LogP contribution in [0.5, 0.6) is 0 Å². The molecule has 1 saturated heterocycles. The van der Waals surface area contributed by atoms with Crippen molar-refractivity contribution >= 4 is 41.0 Å². The number of benzene rings is 1. The summed E-state index contributed by atoms with van der Waals surface area (Å²) in [5.74, 6) is 0.674. The Kier molecular flexibility index (Phi) is 5.37. The first-order chi connectivity index (χ1) is 13.5. The van der Waals surface area contributed by atoms with Gasteiger partial charge in [0.2, 0.25) is 5.91 Å². The molecule has 28 heavy (non-hydrogen) atoms. The molecule has 2 amide bonds. The number of aromatic nitrogens is 1. The first-order valence-corrected chi connectivity index (χ1v) is 11.0. The van der Waals surface area contributed by atoms with E-state index in [9.17, 15) is 9.59 Å². The van der Waals surface area contributed by atoms with Crippen molar-refractivity contribution in [3.8, 4) is 0 Å². The van der Waals surface area contributed by atoms with Crippen LogP contribution in [0.4, 0.5) is 0 Å². The number of thiazole rings is 1. The zero-order valence-electron chi connectivity index (χ0n) is 15.7. The average Bonchev–Trinajstić information content (AvgIpc) is 3.10. The number of nitrogens with zero attached hydrogens (tertiary/aromatic N) is 2. The third-order valence-electron chi connectivity index (χ3n) is 5.02. The number of thioether (sulfide) groups is 1. The molecule has 0 spiro atoms. The number of carbonyl (C=O) groups is 2. The smallest absolute Gasteiger partial charge is 0.253 e. The van der Waals surface area contributed by atoms with Crippen LogP contribution in [0.2, 0.25) is 0 Å². The van der Waals surface area contributed by atoms with Gasteiger partial charge in [-0.2, -0.15) is 0 Å². The van der Waals surface area contributed by atoms with Crippen molar-refractivity contribution in [3.05, 3.63) is 69.3 Å². The van der Waals surface area contributed by atoms with Crippen LogP contribution in [0, 0.1) is 6.92 Å². The molecule has 1 aromatic carbocycles. The first kappa shape index (κ1) is 19.0. The molecule has 2 aliphatic rings. The monoisotopic (exact) mass is 411 g/mol. The van der Waals surface area contributed by atoms with Gasteiger partial charge in [0.1, 0.15) is 11.4 Å². The molecule has 0 bridgehead atoms. The molecule has 3 heterocycles. The second-order valence-electron chi connectivity index (χ2n) is 6.86. The molecule has 0 saturated carbocycles. The molecular weight excluding hydrogens is 390 g/mol. The lowest BCUT2D eigenvalue weighted by molar-refractivity contribution is -0.145. The van der Waals surface area contributed by atoms with E-state index in [4.69, 9.17) is 0 Å². The Bertz CT molecular complexity index is 965. The fourth-order valence-electron chi connectivity index (χ4n) is 3.38. The summed E-state index contributed by atoms with van der Waals surface area (Å²) in [6.07, 6.45) is 4.43. The second kappa shape index (κ2) is 7.93. The van der Waals surface area contributed by atoms with Gasteiger partial charge in [0.25, 0.3) is 5.91 Å². The molecular formula is C21H21N3O2S2. The van der Waals surface area contributed by atoms with Gasteiger partial charge in [0.05, 0.1) is 17.6 Å². The minimum absolute atomic E-state index is 0.0190. The lowest BCUT2D eigenvalue weighted by Gasteiger charge is -2.50. The Hall–Kier alpha value is -2.38. The highest BCUT2D eigenvalue weighted by Gasteiger charge is 2.51. The standard InChI is InChI=1S/C21H21N3O2S2/c1-13-17(28-12-22-13)9-8-16-11-27-21-19(20(26)24(21)14(16)2)23-18(25)10-15-6-4-3-5-7-15/h3-9,12,19,21H,10-11H2,1-2H3,(H,23,25)/b9-8-. The molecule has 0 aliphatic carbocycles. The molecule has 2 unspecified atom stereocenters. The minimum atomic E-state index is -0.439. The SMILES string of the molecule is CC1=C(/C=C\c2scnc2C)CSC2C(NC(=O)Cc3ccccc3)C(=O)N12. The normalized spacial score (nSPS) is 21.6. The maximum Gasteiger partial charge on any atom is 0.253 e. The summed E-state index contributed by atoms with van der Waals surface area (Å²) in [6.45, 7) is 3.97. The van der Waals surface area contributed by atoms with Crippen molar-refractivity contribution in [2.24, 2.45) is 0 Å². The molecule has 2 aliphatic heterocycles. The molecule has 2 aromatic rings. The third kappa shape index (κ3) is 3.64. The van der Waals surface area contributed by atoms with E-state index in [2.05, 4.69) is 22.5 Å². The van der Waals surface area contributed by atoms with Crippen LogP contribution in [0.15, 0.2) is 53.2 Å². The molecule has 5 nitrogen and oxygen atoms in total. The minimum Gasteiger partial charge on any atom is -0.341 e. The number of carbonyl (C=O) groups excluding carboxylic acids is 2. The predicted octanol–water partition coefficient (Wildman–Crippen LogP) is 3.38. The number of nitrogens with one attached hydrogen (secondary N) is 1. The highest BCUT2D eigenvalue weighted by Crippen LogP contribution is 2.40. The van der Waals surface area contributed by atoms with Crippen LogP contribution in [0.3, 0.4) is 0 Å². The van der Waals surface area contributed by atoms with Crippen molar-refractivity contribution in [2.75, 3.05) is 5.75 Å². The van der Waals surface area contributed by atoms with Crippen molar-refractivity contribution in [2.45, 2.75) is 31.7 Å². The zero-order valence-corrected chi connectivity index (χ0v) is 17.3. The van der Waals surface area contributed by atoms with Crippen LogP contribution < -0.4 is 5.32 Å². The van der Waals surface area contributed by atoms with Gasteiger partial charge >= 0.3 is 0 Å². The van der Waals surface area contributed by atoms with Gasteiger partial charge in [-0.05, 0) is 31.1 Å². The molecule has 0 radical (unpaired) electrons. The topological polar surface area (TPSA) is 62.3 Å². The van der Waals surface area contributed by atoms with Gasteiger partial charge in [-0.15, -0.1) is 23.1 Å². The van der Waals surface area contributed by atoms with Gasteiger partial charge in [-0.1, -0.05) is 36.4 Å². The van der Waals surface area contributed by atoms with E-state index in [1.807, 2.05) is 49.7 Å². The van der Waals surface area contributed by atoms with Gasteiger partial charge in [0.15, 0.2) is 0 Å². The summed E-state index contributed by atoms with van der Waals surface area (Å²) in [5.41, 5.74) is 5.91. The van der Waals surface area contributed by atoms with Crippen LogP contribution >= 0.6 is 23.1 Å². The lowest BCUT2D eigenvalue weighted by Crippen LogP contribution is -2.69. The van der Waals surface area contributed by atoms with Crippen molar-refractivity contribution in [3.63, 3.8) is 0 Å². The molecule has 4 rings (SSSR count). The van der Waals surface area contributed by atoms with Crippen LogP contribution in [0.25, 0.3) is 6.08 Å².